The van der Waals surface area contributed by atoms with Crippen molar-refractivity contribution in [2.45, 2.75) is 45.2 Å². The van der Waals surface area contributed by atoms with Gasteiger partial charge in [0.2, 0.25) is 18.2 Å². The largest absolute Gasteiger partial charge is 0.465 e. The van der Waals surface area contributed by atoms with Crippen molar-refractivity contribution in [2.75, 3.05) is 26.2 Å². The van der Waals surface area contributed by atoms with Gasteiger partial charge < -0.3 is 36.3 Å². The Morgan fingerprint density at radius 3 is 2.76 bits per heavy atom. The number of piperidine rings is 1. The number of benzene rings is 1. The van der Waals surface area contributed by atoms with Crippen molar-refractivity contribution in [1.29, 1.82) is 0 Å². The van der Waals surface area contributed by atoms with E-state index >= 15 is 0 Å². The lowest BCUT2D eigenvalue weighted by atomic mass is 10.0. The highest BCUT2D eigenvalue weighted by Gasteiger charge is 2.29. The number of hydrogen-bond acceptors (Lipinski definition) is 6. The number of aliphatic imine (C=N–C) groups is 1. The second kappa shape index (κ2) is 16.2. The van der Waals surface area contributed by atoms with E-state index in [9.17, 15) is 19.2 Å². The lowest BCUT2D eigenvalue weighted by Gasteiger charge is -2.35. The number of amidine groups is 1. The van der Waals surface area contributed by atoms with Crippen molar-refractivity contribution in [1.82, 2.24) is 30.4 Å². The predicted molar refractivity (Wildman–Crippen MR) is 157 cm³/mol. The zero-order valence-electron chi connectivity index (χ0n) is 23.5. The Morgan fingerprint density at radius 2 is 2.05 bits per heavy atom. The Labute approximate surface area is 244 Å². The number of allylic oxidation sites excluding steroid dienone is 1. The number of amides is 4. The lowest BCUT2D eigenvalue weighted by Crippen LogP contribution is -2.53. The molecule has 4 amide bonds. The molecule has 1 aromatic carbocycles. The minimum absolute atomic E-state index is 0.0529. The summed E-state index contributed by atoms with van der Waals surface area (Å²) in [5, 5.41) is 13.2. The van der Waals surface area contributed by atoms with E-state index in [4.69, 9.17) is 10.8 Å². The molecule has 0 radical (unpaired) electrons. The van der Waals surface area contributed by atoms with Gasteiger partial charge in [-0.15, -0.1) is 0 Å². The molecule has 1 saturated heterocycles. The van der Waals surface area contributed by atoms with Crippen LogP contribution < -0.4 is 16.4 Å². The van der Waals surface area contributed by atoms with Crippen molar-refractivity contribution in [3.63, 3.8) is 0 Å². The number of nitrogens with two attached hydrogens (primary N) is 1. The van der Waals surface area contributed by atoms with E-state index < -0.39 is 6.09 Å². The second-order valence-corrected chi connectivity index (χ2v) is 9.53. The number of rotatable bonds is 12. The van der Waals surface area contributed by atoms with Crippen LogP contribution in [-0.2, 0) is 20.9 Å². The minimum Gasteiger partial charge on any atom is -0.465 e. The Bertz CT molecular complexity index is 1360. The fourth-order valence-electron chi connectivity index (χ4n) is 4.47. The molecule has 0 spiro atoms. The molecule has 6 N–H and O–H groups in total. The van der Waals surface area contributed by atoms with Gasteiger partial charge in [0, 0.05) is 30.9 Å². The number of aromatic nitrogens is 2. The Kier molecular flexibility index (Phi) is 12.1. The average Bonchev–Trinajstić information content (AvgIpc) is 3.47. The molecule has 42 heavy (non-hydrogen) atoms. The summed E-state index contributed by atoms with van der Waals surface area (Å²) in [6.07, 6.45) is 7.17. The lowest BCUT2D eigenvalue weighted by molar-refractivity contribution is -0.132. The van der Waals surface area contributed by atoms with E-state index in [0.717, 1.165) is 36.1 Å². The third-order valence-electron chi connectivity index (χ3n) is 6.50. The van der Waals surface area contributed by atoms with Gasteiger partial charge in [-0.25, -0.2) is 14.8 Å². The summed E-state index contributed by atoms with van der Waals surface area (Å²) in [7, 11) is 0. The molecular formula is C29H36N8O5. The van der Waals surface area contributed by atoms with Gasteiger partial charge in [-0.1, -0.05) is 30.9 Å². The van der Waals surface area contributed by atoms with E-state index in [-0.39, 0.29) is 36.8 Å². The number of hydrogen-bond donors (Lipinski definition) is 5. The summed E-state index contributed by atoms with van der Waals surface area (Å²) in [4.78, 5) is 61.1. The third kappa shape index (κ3) is 9.51. The van der Waals surface area contributed by atoms with Crippen LogP contribution in [0.4, 0.5) is 4.79 Å². The summed E-state index contributed by atoms with van der Waals surface area (Å²) in [5.74, 6) is 6.35. The number of carboxylic acid groups (broad SMARTS) is 1. The smallest absolute Gasteiger partial charge is 0.405 e. The molecule has 1 aromatic heterocycles. The van der Waals surface area contributed by atoms with Crippen molar-refractivity contribution in [3.05, 3.63) is 54.1 Å². The number of H-pyrrole nitrogens is 1. The monoisotopic (exact) mass is 576 g/mol. The van der Waals surface area contributed by atoms with Crippen LogP contribution in [0.3, 0.4) is 0 Å². The molecule has 13 heteroatoms. The van der Waals surface area contributed by atoms with E-state index in [1.54, 1.807) is 22.1 Å². The first kappa shape index (κ1) is 31.4. The molecule has 0 bridgehead atoms. The van der Waals surface area contributed by atoms with Crippen molar-refractivity contribution in [3.8, 4) is 23.1 Å². The molecule has 0 saturated carbocycles. The summed E-state index contributed by atoms with van der Waals surface area (Å²) >= 11 is 0. The van der Waals surface area contributed by atoms with Gasteiger partial charge in [0.1, 0.15) is 18.2 Å². The number of carbonyl (C=O) groups is 4. The van der Waals surface area contributed by atoms with E-state index in [2.05, 4.69) is 37.4 Å². The predicted octanol–water partition coefficient (Wildman–Crippen LogP) is 1.43. The summed E-state index contributed by atoms with van der Waals surface area (Å²) in [6, 6.07) is 7.20. The number of aromatic amines is 1. The molecule has 1 aliphatic rings. The van der Waals surface area contributed by atoms with Crippen molar-refractivity contribution in [2.24, 2.45) is 10.7 Å². The topological polar surface area (TPSA) is 186 Å². The SMILES string of the molecule is CCCN(Cc1ncc(-c2ccc(C#C/C=C/N=C(\N)[C@H]3CCCCN3C(=O)CNC(=O)O)cc2)[nH]1)C(=O)CNC=O. The number of likely N-dealkylation sites (tertiary alicyclic amines) is 1. The standard InChI is InChI=1S/C29H36N8O5/c1-2-14-36(26(39)17-31-20-38)19-25-33-16-23(35-25)22-11-9-21(10-12-22)7-3-5-13-32-28(30)24-8-4-6-15-37(24)27(40)18-34-29(41)42/h5,9-13,16,20,24,34H,2,4,6,8,14-15,17-19H2,1H3,(H2,30,32)(H,31,38)(H,33,35)(H,41,42)/b13-5+/t24-/m1/s1. The molecule has 13 nitrogen and oxygen atoms in total. The fourth-order valence-corrected chi connectivity index (χ4v) is 4.47. The Balaban J connectivity index is 1.57. The van der Waals surface area contributed by atoms with Crippen LogP contribution in [-0.4, -0.2) is 87.2 Å². The molecule has 3 rings (SSSR count). The van der Waals surface area contributed by atoms with Gasteiger partial charge in [-0.05, 0) is 43.4 Å². The maximum Gasteiger partial charge on any atom is 0.405 e. The minimum atomic E-state index is -1.25. The van der Waals surface area contributed by atoms with E-state index in [1.165, 1.54) is 6.20 Å². The second-order valence-electron chi connectivity index (χ2n) is 9.53. The highest BCUT2D eigenvalue weighted by atomic mass is 16.4. The molecule has 1 fully saturated rings. The van der Waals surface area contributed by atoms with Gasteiger partial charge in [0.25, 0.3) is 0 Å². The first-order valence-electron chi connectivity index (χ1n) is 13.7. The summed E-state index contributed by atoms with van der Waals surface area (Å²) in [6.45, 7) is 2.98. The molecule has 222 valence electrons. The fraction of sp³-hybridized carbons (Fsp3) is 0.379. The molecule has 0 aliphatic carbocycles. The van der Waals surface area contributed by atoms with Crippen LogP contribution >= 0.6 is 0 Å². The van der Waals surface area contributed by atoms with Gasteiger partial charge >= 0.3 is 6.09 Å². The number of nitrogens with zero attached hydrogens (tertiary/aromatic N) is 4. The number of nitrogens with one attached hydrogen (secondary N) is 3. The molecule has 1 atom stereocenters. The van der Waals surface area contributed by atoms with Gasteiger partial charge in [-0.3, -0.25) is 14.4 Å². The van der Waals surface area contributed by atoms with E-state index in [0.29, 0.717) is 38.3 Å². The maximum atomic E-state index is 12.4. The quantitative estimate of drug-likeness (QED) is 0.109. The Morgan fingerprint density at radius 1 is 1.26 bits per heavy atom. The number of carbonyl (C=O) groups excluding carboxylic acids is 3. The molecule has 2 aromatic rings. The maximum absolute atomic E-state index is 12.4. The van der Waals surface area contributed by atoms with Crippen LogP contribution in [0, 0.1) is 11.8 Å². The van der Waals surface area contributed by atoms with Crippen LogP contribution in [0.15, 0.2) is 47.7 Å². The summed E-state index contributed by atoms with van der Waals surface area (Å²) in [5.41, 5.74) is 8.66. The third-order valence-corrected chi connectivity index (χ3v) is 6.50. The van der Waals surface area contributed by atoms with Gasteiger partial charge in [-0.2, -0.15) is 0 Å². The molecule has 2 heterocycles. The van der Waals surface area contributed by atoms with E-state index in [1.807, 2.05) is 31.2 Å². The molecule has 0 unspecified atom stereocenters. The van der Waals surface area contributed by atoms with Gasteiger partial charge in [0.15, 0.2) is 0 Å². The van der Waals surface area contributed by atoms with Gasteiger partial charge in [0.05, 0.1) is 31.0 Å². The van der Waals surface area contributed by atoms with Crippen LogP contribution in [0.2, 0.25) is 0 Å². The highest BCUT2D eigenvalue weighted by molar-refractivity contribution is 5.92. The van der Waals surface area contributed by atoms with Crippen molar-refractivity contribution < 1.29 is 24.3 Å². The van der Waals surface area contributed by atoms with Crippen LogP contribution in [0.5, 0.6) is 0 Å². The van der Waals surface area contributed by atoms with Crippen LogP contribution in [0.1, 0.15) is 44.0 Å². The highest BCUT2D eigenvalue weighted by Crippen LogP contribution is 2.19. The Hall–Kier alpha value is -5.12. The zero-order chi connectivity index (χ0) is 30.3. The molecular weight excluding hydrogens is 540 g/mol. The van der Waals surface area contributed by atoms with Crippen molar-refractivity contribution >= 4 is 30.2 Å². The first-order chi connectivity index (χ1) is 20.3. The normalized spacial score (nSPS) is 15.0. The first-order valence-corrected chi connectivity index (χ1v) is 13.7. The van der Waals surface area contributed by atoms with Crippen LogP contribution in [0.25, 0.3) is 11.3 Å². The molecule has 1 aliphatic heterocycles. The number of imidazole rings is 1. The average molecular weight is 577 g/mol. The summed E-state index contributed by atoms with van der Waals surface area (Å²) < 4.78 is 0. The zero-order valence-corrected chi connectivity index (χ0v) is 23.5.